The molecule has 0 aliphatic rings. The molecule has 2 aromatic heterocycles. The summed E-state index contributed by atoms with van der Waals surface area (Å²) in [4.78, 5) is 13.5. The lowest BCUT2D eigenvalue weighted by Crippen LogP contribution is -2.23. The number of rotatable bonds is 10. The van der Waals surface area contributed by atoms with Crippen LogP contribution in [-0.4, -0.2) is 59.5 Å². The highest BCUT2D eigenvalue weighted by atomic mass is 16.5. The van der Waals surface area contributed by atoms with Gasteiger partial charge in [-0.3, -0.25) is 9.67 Å². The van der Waals surface area contributed by atoms with E-state index in [0.717, 1.165) is 39.4 Å². The summed E-state index contributed by atoms with van der Waals surface area (Å²) in [6.45, 7) is 4.43. The van der Waals surface area contributed by atoms with Gasteiger partial charge in [0.15, 0.2) is 0 Å². The molecular formula is C29H33N7O2. The van der Waals surface area contributed by atoms with Crippen LogP contribution in [0.4, 0.5) is 11.4 Å². The van der Waals surface area contributed by atoms with Crippen LogP contribution in [0.2, 0.25) is 0 Å². The molecule has 0 atom stereocenters. The molecule has 38 heavy (non-hydrogen) atoms. The predicted octanol–water partition coefficient (Wildman–Crippen LogP) is 4.66. The zero-order valence-electron chi connectivity index (χ0n) is 22.4. The lowest BCUT2D eigenvalue weighted by Gasteiger charge is -2.26. The van der Waals surface area contributed by atoms with E-state index in [0.29, 0.717) is 23.7 Å². The molecule has 2 aromatic carbocycles. The van der Waals surface area contributed by atoms with E-state index in [4.69, 9.17) is 20.2 Å². The lowest BCUT2D eigenvalue weighted by atomic mass is 10.1. The van der Waals surface area contributed by atoms with Gasteiger partial charge in [0.25, 0.3) is 0 Å². The van der Waals surface area contributed by atoms with Crippen molar-refractivity contribution < 1.29 is 9.47 Å². The third-order valence-corrected chi connectivity index (χ3v) is 6.00. The second-order valence-electron chi connectivity index (χ2n) is 8.97. The summed E-state index contributed by atoms with van der Waals surface area (Å²) in [5, 5.41) is 4.25. The fourth-order valence-corrected chi connectivity index (χ4v) is 3.81. The number of aromatic nitrogens is 4. The SMILES string of the molecule is C=C(/C=C\C=C(/N)CN(c1cc(OC)cc(OC)c1)c1ccc2ncc(-c3cnn(C)c3)nc2c1)N(C)C. The molecule has 0 amide bonds. The topological polar surface area (TPSA) is 94.6 Å². The van der Waals surface area contributed by atoms with E-state index in [2.05, 4.69) is 21.6 Å². The van der Waals surface area contributed by atoms with Crippen molar-refractivity contribution in [3.05, 3.63) is 91.2 Å². The van der Waals surface area contributed by atoms with Gasteiger partial charge in [0.2, 0.25) is 0 Å². The predicted molar refractivity (Wildman–Crippen MR) is 153 cm³/mol. The number of likely N-dealkylation sites (N-methyl/N-ethyl adjacent to an activating group) is 1. The number of ether oxygens (including phenoxy) is 2. The van der Waals surface area contributed by atoms with Crippen LogP contribution in [0.25, 0.3) is 22.3 Å². The maximum Gasteiger partial charge on any atom is 0.124 e. The van der Waals surface area contributed by atoms with Gasteiger partial charge < -0.3 is 25.0 Å². The average molecular weight is 512 g/mol. The van der Waals surface area contributed by atoms with Crippen molar-refractivity contribution in [1.82, 2.24) is 24.6 Å². The summed E-state index contributed by atoms with van der Waals surface area (Å²) in [7, 11) is 9.02. The molecule has 196 valence electrons. The van der Waals surface area contributed by atoms with Gasteiger partial charge in [-0.1, -0.05) is 12.7 Å². The first kappa shape index (κ1) is 26.3. The Balaban J connectivity index is 1.77. The number of benzene rings is 2. The summed E-state index contributed by atoms with van der Waals surface area (Å²) in [6, 6.07) is 11.7. The molecule has 0 aliphatic heterocycles. The van der Waals surface area contributed by atoms with Crippen LogP contribution >= 0.6 is 0 Å². The standard InChI is InChI=1S/C29H33N7O2/c1-20(34(2)3)8-7-9-22(30)19-36(24-12-25(37-5)15-26(13-24)38-6)23-10-11-27-28(14-23)33-29(17-31-27)21-16-32-35(4)18-21/h7-18H,1,19,30H2,2-6H3/b8-7-,22-9-. The van der Waals surface area contributed by atoms with Crippen molar-refractivity contribution in [1.29, 1.82) is 0 Å². The minimum Gasteiger partial charge on any atom is -0.497 e. The number of hydrogen-bond donors (Lipinski definition) is 1. The molecule has 0 bridgehead atoms. The van der Waals surface area contributed by atoms with Crippen molar-refractivity contribution >= 4 is 22.4 Å². The number of fused-ring (bicyclic) bond motifs is 1. The van der Waals surface area contributed by atoms with Crippen molar-refractivity contribution in [2.45, 2.75) is 0 Å². The fourth-order valence-electron chi connectivity index (χ4n) is 3.81. The second kappa shape index (κ2) is 11.5. The molecule has 0 unspecified atom stereocenters. The van der Waals surface area contributed by atoms with Gasteiger partial charge in [-0.2, -0.15) is 5.10 Å². The summed E-state index contributed by atoms with van der Waals surface area (Å²) in [5.74, 6) is 1.35. The number of nitrogens with zero attached hydrogens (tertiary/aromatic N) is 6. The number of anilines is 2. The molecular weight excluding hydrogens is 478 g/mol. The second-order valence-corrected chi connectivity index (χ2v) is 8.97. The first-order chi connectivity index (χ1) is 18.3. The highest BCUT2D eigenvalue weighted by Gasteiger charge is 2.15. The largest absolute Gasteiger partial charge is 0.497 e. The van der Waals surface area contributed by atoms with Gasteiger partial charge in [0.1, 0.15) is 11.5 Å². The molecule has 0 saturated carbocycles. The molecule has 0 saturated heterocycles. The zero-order valence-corrected chi connectivity index (χ0v) is 22.4. The summed E-state index contributed by atoms with van der Waals surface area (Å²) >= 11 is 0. The molecule has 4 rings (SSSR count). The van der Waals surface area contributed by atoms with Crippen molar-refractivity contribution in [2.24, 2.45) is 12.8 Å². The van der Waals surface area contributed by atoms with Crippen molar-refractivity contribution in [2.75, 3.05) is 39.8 Å². The summed E-state index contributed by atoms with van der Waals surface area (Å²) in [6.07, 6.45) is 11.1. The highest BCUT2D eigenvalue weighted by Crippen LogP contribution is 2.34. The van der Waals surface area contributed by atoms with Crippen LogP contribution < -0.4 is 20.1 Å². The monoisotopic (exact) mass is 511 g/mol. The normalized spacial score (nSPS) is 11.7. The van der Waals surface area contributed by atoms with Gasteiger partial charge in [0, 0.05) is 73.9 Å². The van der Waals surface area contributed by atoms with Crippen LogP contribution in [0, 0.1) is 0 Å². The summed E-state index contributed by atoms with van der Waals surface area (Å²) < 4.78 is 12.8. The Morgan fingerprint density at radius 3 is 2.39 bits per heavy atom. The Morgan fingerprint density at radius 1 is 1.03 bits per heavy atom. The smallest absolute Gasteiger partial charge is 0.124 e. The number of hydrogen-bond acceptors (Lipinski definition) is 8. The maximum absolute atomic E-state index is 6.49. The fraction of sp³-hybridized carbons (Fsp3) is 0.207. The zero-order chi connectivity index (χ0) is 27.2. The van der Waals surface area contributed by atoms with Crippen LogP contribution in [-0.2, 0) is 7.05 Å². The van der Waals surface area contributed by atoms with E-state index < -0.39 is 0 Å². The molecule has 2 N–H and O–H groups in total. The van der Waals surface area contributed by atoms with E-state index in [9.17, 15) is 0 Å². The van der Waals surface area contributed by atoms with E-state index in [-0.39, 0.29) is 0 Å². The molecule has 0 fully saturated rings. The summed E-state index contributed by atoms with van der Waals surface area (Å²) in [5.41, 5.74) is 13.0. The highest BCUT2D eigenvalue weighted by molar-refractivity contribution is 5.83. The third kappa shape index (κ3) is 6.12. The Kier molecular flexibility index (Phi) is 7.96. The number of allylic oxidation sites excluding steroid dienone is 3. The molecule has 0 spiro atoms. The van der Waals surface area contributed by atoms with Gasteiger partial charge in [-0.25, -0.2) is 4.98 Å². The maximum atomic E-state index is 6.49. The number of methoxy groups -OCH3 is 2. The molecule has 0 aliphatic carbocycles. The van der Waals surface area contributed by atoms with Crippen LogP contribution in [0.5, 0.6) is 11.5 Å². The first-order valence-electron chi connectivity index (χ1n) is 12.0. The van der Waals surface area contributed by atoms with Crippen LogP contribution in [0.15, 0.2) is 91.2 Å². The van der Waals surface area contributed by atoms with Crippen molar-refractivity contribution in [3.63, 3.8) is 0 Å². The van der Waals surface area contributed by atoms with Crippen molar-refractivity contribution in [3.8, 4) is 22.8 Å². The molecule has 4 aromatic rings. The van der Waals surface area contributed by atoms with Gasteiger partial charge in [0.05, 0.1) is 49.9 Å². The Labute approximate surface area is 223 Å². The van der Waals surface area contributed by atoms with Gasteiger partial charge in [-0.15, -0.1) is 0 Å². The Bertz CT molecular complexity index is 1480. The van der Waals surface area contributed by atoms with Crippen LogP contribution in [0.1, 0.15) is 0 Å². The lowest BCUT2D eigenvalue weighted by molar-refractivity contribution is 0.394. The Hall–Kier alpha value is -4.79. The molecule has 2 heterocycles. The Morgan fingerprint density at radius 2 is 1.76 bits per heavy atom. The van der Waals surface area contributed by atoms with Crippen LogP contribution in [0.3, 0.4) is 0 Å². The van der Waals surface area contributed by atoms with Gasteiger partial charge in [-0.05, 0) is 30.4 Å². The first-order valence-corrected chi connectivity index (χ1v) is 12.0. The van der Waals surface area contributed by atoms with E-state index >= 15 is 0 Å². The van der Waals surface area contributed by atoms with E-state index in [1.807, 2.05) is 86.9 Å². The quantitative estimate of drug-likeness (QED) is 0.307. The average Bonchev–Trinajstić information content (AvgIpc) is 3.36. The third-order valence-electron chi connectivity index (χ3n) is 6.00. The minimum atomic E-state index is 0.413. The molecule has 9 nitrogen and oxygen atoms in total. The molecule has 0 radical (unpaired) electrons. The van der Waals surface area contributed by atoms with E-state index in [1.165, 1.54) is 0 Å². The minimum absolute atomic E-state index is 0.413. The molecule has 9 heteroatoms. The van der Waals surface area contributed by atoms with Gasteiger partial charge >= 0.3 is 0 Å². The number of nitrogens with two attached hydrogens (primary N) is 1. The van der Waals surface area contributed by atoms with E-state index in [1.54, 1.807) is 31.3 Å². The number of aryl methyl sites for hydroxylation is 1.